The lowest BCUT2D eigenvalue weighted by Crippen LogP contribution is -2.38. The van der Waals surface area contributed by atoms with E-state index in [1.807, 2.05) is 30.3 Å². The van der Waals surface area contributed by atoms with Crippen LogP contribution in [0, 0.1) is 5.92 Å². The zero-order valence-corrected chi connectivity index (χ0v) is 19.4. The van der Waals surface area contributed by atoms with Crippen molar-refractivity contribution < 1.29 is 29.3 Å². The van der Waals surface area contributed by atoms with Crippen molar-refractivity contribution in [2.24, 2.45) is 11.7 Å². The van der Waals surface area contributed by atoms with Crippen LogP contribution in [0.15, 0.2) is 54.7 Å². The molecule has 1 aromatic carbocycles. The number of hydrogen-bond acceptors (Lipinski definition) is 8. The number of hydrogen-bond donors (Lipinski definition) is 4. The highest BCUT2D eigenvalue weighted by Crippen LogP contribution is 2.19. The second-order valence-corrected chi connectivity index (χ2v) is 7.85. The number of nitrogens with zero attached hydrogens (tertiary/aromatic N) is 3. The Balaban J connectivity index is 0.000000466. The van der Waals surface area contributed by atoms with Crippen molar-refractivity contribution in [1.29, 1.82) is 0 Å². The fourth-order valence-corrected chi connectivity index (χ4v) is 3.45. The summed E-state index contributed by atoms with van der Waals surface area (Å²) in [6.07, 6.45) is 6.06. The summed E-state index contributed by atoms with van der Waals surface area (Å²) in [5, 5.41) is 18.8. The van der Waals surface area contributed by atoms with E-state index in [2.05, 4.69) is 20.2 Å². The second kappa shape index (κ2) is 15.0. The highest BCUT2D eigenvalue weighted by Gasteiger charge is 2.20. The van der Waals surface area contributed by atoms with Crippen molar-refractivity contribution in [1.82, 2.24) is 14.9 Å². The van der Waals surface area contributed by atoms with Gasteiger partial charge in [0.15, 0.2) is 0 Å². The number of carboxylic acid groups (broad SMARTS) is 2. The average molecular weight is 486 g/mol. The van der Waals surface area contributed by atoms with E-state index in [1.54, 1.807) is 0 Å². The zero-order valence-electron chi connectivity index (χ0n) is 19.4. The van der Waals surface area contributed by atoms with E-state index in [0.717, 1.165) is 45.0 Å². The average Bonchev–Trinajstić information content (AvgIpc) is 2.85. The molecule has 1 atom stereocenters. The number of amides is 1. The van der Waals surface area contributed by atoms with Crippen molar-refractivity contribution in [3.05, 3.63) is 60.4 Å². The summed E-state index contributed by atoms with van der Waals surface area (Å²) in [6, 6.07) is 11.5. The quantitative estimate of drug-likeness (QED) is 0.272. The Labute approximate surface area is 203 Å². The van der Waals surface area contributed by atoms with Crippen LogP contribution in [0.1, 0.15) is 29.8 Å². The Morgan fingerprint density at radius 1 is 1.14 bits per heavy atom. The molecular weight excluding hydrogens is 454 g/mol. The summed E-state index contributed by atoms with van der Waals surface area (Å²) in [5.74, 6) is -1.10. The first kappa shape index (κ1) is 27.3. The number of anilines is 1. The van der Waals surface area contributed by atoms with Crippen LogP contribution >= 0.6 is 0 Å². The number of rotatable bonds is 11. The minimum atomic E-state index is -1.26. The van der Waals surface area contributed by atoms with Gasteiger partial charge in [0.1, 0.15) is 11.4 Å². The highest BCUT2D eigenvalue weighted by molar-refractivity contribution is 5.91. The van der Waals surface area contributed by atoms with Crippen LogP contribution in [0.5, 0.6) is 5.75 Å². The van der Waals surface area contributed by atoms with Gasteiger partial charge in [0.05, 0.1) is 6.61 Å². The van der Waals surface area contributed by atoms with Crippen LogP contribution in [0.2, 0.25) is 0 Å². The Kier molecular flexibility index (Phi) is 11.7. The van der Waals surface area contributed by atoms with Crippen LogP contribution < -0.4 is 15.8 Å². The number of nitrogens with one attached hydrogen (secondary N) is 1. The van der Waals surface area contributed by atoms with Crippen molar-refractivity contribution in [2.75, 3.05) is 38.1 Å². The molecule has 11 heteroatoms. The Hall–Kier alpha value is -3.99. The van der Waals surface area contributed by atoms with Gasteiger partial charge in [-0.15, -0.1) is 0 Å². The number of likely N-dealkylation sites (tertiary alicyclic amines) is 1. The number of carboxylic acids is 2. The number of nitrogens with two attached hydrogens (primary N) is 1. The summed E-state index contributed by atoms with van der Waals surface area (Å²) < 4.78 is 5.91. The van der Waals surface area contributed by atoms with Gasteiger partial charge in [-0.3, -0.25) is 4.79 Å². The van der Waals surface area contributed by atoms with Crippen LogP contribution in [0.25, 0.3) is 0 Å². The molecule has 5 N–H and O–H groups in total. The van der Waals surface area contributed by atoms with Crippen molar-refractivity contribution in [2.45, 2.75) is 19.3 Å². The summed E-state index contributed by atoms with van der Waals surface area (Å²) in [6.45, 7) is 4.75. The molecule has 2 aromatic rings. The van der Waals surface area contributed by atoms with E-state index in [1.165, 1.54) is 25.1 Å². The van der Waals surface area contributed by atoms with Crippen molar-refractivity contribution in [3.8, 4) is 5.75 Å². The van der Waals surface area contributed by atoms with Gasteiger partial charge in [-0.1, -0.05) is 18.2 Å². The van der Waals surface area contributed by atoms with E-state index in [4.69, 9.17) is 20.7 Å². The maximum Gasteiger partial charge on any atom is 0.328 e. The van der Waals surface area contributed by atoms with Gasteiger partial charge in [0, 0.05) is 37.4 Å². The lowest BCUT2D eigenvalue weighted by Gasteiger charge is -2.32. The first-order chi connectivity index (χ1) is 16.8. The molecule has 11 nitrogen and oxygen atoms in total. The highest BCUT2D eigenvalue weighted by atomic mass is 16.5. The maximum absolute atomic E-state index is 11.2. The number of carbonyl (C=O) groups is 3. The topological polar surface area (TPSA) is 168 Å². The molecule has 1 aliphatic rings. The molecule has 1 saturated heterocycles. The first-order valence-corrected chi connectivity index (χ1v) is 11.2. The molecule has 1 aromatic heterocycles. The Morgan fingerprint density at radius 3 is 2.51 bits per heavy atom. The molecule has 188 valence electrons. The number of para-hydroxylation sites is 1. The standard InChI is InChI=1S/C20H27N5O2.C4H4O4/c21-19(26)18-9-11-23-20(24-18)22-10-5-13-25-12-4-6-16(14-25)15-27-17-7-2-1-3-8-17;5-3(6)1-2-4(7)8/h1-3,7-9,11,16H,4-6,10,12-15H2,(H2,21,26)(H,22,23,24);1-2H,(H,5,6)(H,7,8)/b;2-1+. The van der Waals surface area contributed by atoms with E-state index in [0.29, 0.717) is 24.0 Å². The predicted octanol–water partition coefficient (Wildman–Crippen LogP) is 1.88. The molecule has 2 heterocycles. The third-order valence-corrected chi connectivity index (χ3v) is 5.04. The van der Waals surface area contributed by atoms with E-state index < -0.39 is 17.8 Å². The minimum absolute atomic E-state index is 0.227. The lowest BCUT2D eigenvalue weighted by molar-refractivity contribution is -0.134. The Bertz CT molecular complexity index is 969. The zero-order chi connectivity index (χ0) is 25.5. The summed E-state index contributed by atoms with van der Waals surface area (Å²) in [7, 11) is 0. The molecule has 0 aliphatic carbocycles. The molecule has 1 unspecified atom stereocenters. The molecular formula is C24H31N5O6. The molecule has 1 fully saturated rings. The third kappa shape index (κ3) is 11.6. The van der Waals surface area contributed by atoms with E-state index in [-0.39, 0.29) is 5.69 Å². The second-order valence-electron chi connectivity index (χ2n) is 7.85. The summed E-state index contributed by atoms with van der Waals surface area (Å²) in [4.78, 5) is 41.0. The van der Waals surface area contributed by atoms with E-state index in [9.17, 15) is 14.4 Å². The van der Waals surface area contributed by atoms with Gasteiger partial charge in [-0.05, 0) is 50.6 Å². The summed E-state index contributed by atoms with van der Waals surface area (Å²) in [5.41, 5.74) is 5.46. The van der Waals surface area contributed by atoms with Gasteiger partial charge in [0.25, 0.3) is 5.91 Å². The van der Waals surface area contributed by atoms with Gasteiger partial charge in [-0.2, -0.15) is 0 Å². The molecule has 0 saturated carbocycles. The number of aliphatic carboxylic acids is 2. The lowest BCUT2D eigenvalue weighted by atomic mass is 9.99. The van der Waals surface area contributed by atoms with E-state index >= 15 is 0 Å². The van der Waals surface area contributed by atoms with Gasteiger partial charge < -0.3 is 30.9 Å². The molecule has 0 bridgehead atoms. The molecule has 1 aliphatic heterocycles. The molecule has 35 heavy (non-hydrogen) atoms. The third-order valence-electron chi connectivity index (χ3n) is 5.04. The molecule has 0 radical (unpaired) electrons. The maximum atomic E-state index is 11.2. The normalized spacial score (nSPS) is 15.6. The van der Waals surface area contributed by atoms with Crippen LogP contribution in [0.3, 0.4) is 0 Å². The van der Waals surface area contributed by atoms with Gasteiger partial charge >= 0.3 is 11.9 Å². The molecule has 0 spiro atoms. The van der Waals surface area contributed by atoms with Crippen LogP contribution in [-0.4, -0.2) is 75.7 Å². The largest absolute Gasteiger partial charge is 0.493 e. The summed E-state index contributed by atoms with van der Waals surface area (Å²) >= 11 is 0. The van der Waals surface area contributed by atoms with Crippen molar-refractivity contribution >= 4 is 23.8 Å². The number of carbonyl (C=O) groups excluding carboxylic acids is 1. The fraction of sp³-hybridized carbons (Fsp3) is 0.375. The van der Waals surface area contributed by atoms with Crippen molar-refractivity contribution in [3.63, 3.8) is 0 Å². The van der Waals surface area contributed by atoms with Gasteiger partial charge in [0.2, 0.25) is 5.95 Å². The SMILES string of the molecule is NC(=O)c1ccnc(NCCCN2CCCC(COc3ccccc3)C2)n1.O=C(O)/C=C/C(=O)O. The predicted molar refractivity (Wildman–Crippen MR) is 129 cm³/mol. The molecule has 1 amide bonds. The monoisotopic (exact) mass is 485 g/mol. The number of piperidine rings is 1. The minimum Gasteiger partial charge on any atom is -0.493 e. The number of benzene rings is 1. The molecule has 3 rings (SSSR count). The number of ether oxygens (including phenoxy) is 1. The fourth-order valence-electron chi connectivity index (χ4n) is 3.45. The van der Waals surface area contributed by atoms with Crippen LogP contribution in [-0.2, 0) is 9.59 Å². The first-order valence-electron chi connectivity index (χ1n) is 11.2. The Morgan fingerprint density at radius 2 is 1.86 bits per heavy atom. The van der Waals surface area contributed by atoms with Crippen LogP contribution in [0.4, 0.5) is 5.95 Å². The van der Waals surface area contributed by atoms with Gasteiger partial charge in [-0.25, -0.2) is 19.6 Å². The number of primary amides is 1. The number of aromatic nitrogens is 2. The smallest absolute Gasteiger partial charge is 0.328 e.